The quantitative estimate of drug-likeness (QED) is 0.400. The van der Waals surface area contributed by atoms with E-state index in [9.17, 15) is 28.7 Å². The molecule has 178 valence electrons. The zero-order chi connectivity index (χ0) is 25.0. The average Bonchev–Trinajstić information content (AvgIpc) is 3.64. The van der Waals surface area contributed by atoms with Crippen molar-refractivity contribution >= 4 is 44.3 Å². The molecule has 1 aliphatic carbocycles. The summed E-state index contributed by atoms with van der Waals surface area (Å²) in [5.41, 5.74) is -1.71. The molecule has 0 atom stereocenters. The number of nitrogens with zero attached hydrogens (tertiary/aromatic N) is 3. The number of hydrogen-bond acceptors (Lipinski definition) is 5. The van der Waals surface area contributed by atoms with Gasteiger partial charge in [-0.05, 0) is 49.2 Å². The van der Waals surface area contributed by atoms with E-state index in [1.807, 2.05) is 0 Å². The number of nitrogens with one attached hydrogen (secondary N) is 1. The Bertz CT molecular complexity index is 1720. The molecule has 0 amide bonds. The SMILES string of the molecule is Cn1c(=O)cc(Nc2ccc(Br)cc2F)c2c(=O)n(C3CC3)c(=O)n(-c3cccc(C(=O)O)c3)c21. The maximum Gasteiger partial charge on any atom is 0.337 e. The van der Waals surface area contributed by atoms with E-state index < -0.39 is 28.6 Å². The number of anilines is 2. The van der Waals surface area contributed by atoms with Crippen LogP contribution in [0.15, 0.2) is 67.4 Å². The number of pyridine rings is 1. The number of aromatic carboxylic acids is 1. The van der Waals surface area contributed by atoms with Gasteiger partial charge < -0.3 is 10.4 Å². The lowest BCUT2D eigenvalue weighted by molar-refractivity contribution is 0.0697. The molecule has 0 saturated heterocycles. The smallest absolute Gasteiger partial charge is 0.337 e. The van der Waals surface area contributed by atoms with Crippen molar-refractivity contribution in [3.63, 3.8) is 0 Å². The highest BCUT2D eigenvalue weighted by molar-refractivity contribution is 9.10. The summed E-state index contributed by atoms with van der Waals surface area (Å²) < 4.78 is 18.5. The number of hydrogen-bond donors (Lipinski definition) is 2. The van der Waals surface area contributed by atoms with E-state index in [1.165, 1.54) is 49.5 Å². The van der Waals surface area contributed by atoms with Crippen LogP contribution in [-0.4, -0.2) is 24.8 Å². The van der Waals surface area contributed by atoms with Crippen LogP contribution < -0.4 is 22.1 Å². The predicted molar refractivity (Wildman–Crippen MR) is 132 cm³/mol. The first-order valence-electron chi connectivity index (χ1n) is 10.6. The Morgan fingerprint density at radius 1 is 1.09 bits per heavy atom. The lowest BCUT2D eigenvalue weighted by Gasteiger charge is -2.19. The molecular formula is C24H18BrFN4O5. The molecule has 0 aliphatic heterocycles. The molecule has 11 heteroatoms. The van der Waals surface area contributed by atoms with Crippen LogP contribution in [0.25, 0.3) is 16.7 Å². The van der Waals surface area contributed by atoms with Gasteiger partial charge in [-0.2, -0.15) is 0 Å². The molecule has 2 aromatic carbocycles. The van der Waals surface area contributed by atoms with Crippen molar-refractivity contribution in [3.8, 4) is 5.69 Å². The van der Waals surface area contributed by atoms with Gasteiger partial charge in [0.15, 0.2) is 0 Å². The van der Waals surface area contributed by atoms with Crippen molar-refractivity contribution in [2.24, 2.45) is 7.05 Å². The molecule has 2 aromatic heterocycles. The Morgan fingerprint density at radius 2 is 1.83 bits per heavy atom. The van der Waals surface area contributed by atoms with Crippen molar-refractivity contribution in [1.82, 2.24) is 13.7 Å². The van der Waals surface area contributed by atoms with Crippen LogP contribution in [-0.2, 0) is 7.05 Å². The molecule has 0 bridgehead atoms. The van der Waals surface area contributed by atoms with Crippen LogP contribution >= 0.6 is 15.9 Å². The van der Waals surface area contributed by atoms with Crippen molar-refractivity contribution in [2.75, 3.05) is 5.32 Å². The van der Waals surface area contributed by atoms with Crippen molar-refractivity contribution in [1.29, 1.82) is 0 Å². The van der Waals surface area contributed by atoms with E-state index in [0.29, 0.717) is 17.3 Å². The lowest BCUT2D eigenvalue weighted by atomic mass is 10.2. The van der Waals surface area contributed by atoms with Gasteiger partial charge >= 0.3 is 11.7 Å². The molecule has 1 saturated carbocycles. The molecule has 4 aromatic rings. The molecule has 2 N–H and O–H groups in total. The normalized spacial score (nSPS) is 13.2. The highest BCUT2D eigenvalue weighted by Gasteiger charge is 2.31. The summed E-state index contributed by atoms with van der Waals surface area (Å²) in [6, 6.07) is 10.8. The zero-order valence-electron chi connectivity index (χ0n) is 18.3. The van der Waals surface area contributed by atoms with Crippen LogP contribution in [0.5, 0.6) is 0 Å². The monoisotopic (exact) mass is 540 g/mol. The fourth-order valence-corrected chi connectivity index (χ4v) is 4.40. The van der Waals surface area contributed by atoms with E-state index in [2.05, 4.69) is 21.2 Å². The van der Waals surface area contributed by atoms with Gasteiger partial charge in [-0.15, -0.1) is 0 Å². The maximum absolute atomic E-state index is 14.6. The Labute approximate surface area is 204 Å². The van der Waals surface area contributed by atoms with Crippen LogP contribution in [0.1, 0.15) is 29.2 Å². The molecule has 35 heavy (non-hydrogen) atoms. The van der Waals surface area contributed by atoms with Crippen LogP contribution in [0.2, 0.25) is 0 Å². The number of benzene rings is 2. The van der Waals surface area contributed by atoms with Gasteiger partial charge in [-0.1, -0.05) is 22.0 Å². The van der Waals surface area contributed by atoms with Gasteiger partial charge in [0.2, 0.25) is 0 Å². The number of carboxylic acids is 1. The molecule has 9 nitrogen and oxygen atoms in total. The Balaban J connectivity index is 1.90. The molecule has 5 rings (SSSR count). The number of carbonyl (C=O) groups is 1. The highest BCUT2D eigenvalue weighted by Crippen LogP contribution is 2.33. The van der Waals surface area contributed by atoms with E-state index in [1.54, 1.807) is 6.07 Å². The third-order valence-electron chi connectivity index (χ3n) is 5.91. The molecule has 1 fully saturated rings. The number of halogens is 2. The highest BCUT2D eigenvalue weighted by atomic mass is 79.9. The van der Waals surface area contributed by atoms with E-state index in [-0.39, 0.29) is 39.7 Å². The number of aromatic nitrogens is 3. The minimum Gasteiger partial charge on any atom is -0.478 e. The lowest BCUT2D eigenvalue weighted by Crippen LogP contribution is -2.41. The summed E-state index contributed by atoms with van der Waals surface area (Å²) in [4.78, 5) is 51.6. The average molecular weight is 541 g/mol. The minimum absolute atomic E-state index is 0.00152. The van der Waals surface area contributed by atoms with E-state index in [4.69, 9.17) is 0 Å². The van der Waals surface area contributed by atoms with Crippen molar-refractivity contribution in [3.05, 3.63) is 95.6 Å². The first kappa shape index (κ1) is 22.8. The summed E-state index contributed by atoms with van der Waals surface area (Å²) in [5, 5.41) is 12.3. The fourth-order valence-electron chi connectivity index (χ4n) is 4.06. The molecule has 1 aliphatic rings. The van der Waals surface area contributed by atoms with Gasteiger partial charge in [-0.3, -0.25) is 18.7 Å². The fraction of sp³-hybridized carbons (Fsp3) is 0.167. The Hall–Kier alpha value is -3.99. The summed E-state index contributed by atoms with van der Waals surface area (Å²) in [6.07, 6.45) is 1.26. The molecule has 2 heterocycles. The first-order chi connectivity index (χ1) is 16.7. The standard InChI is InChI=1S/C24H18BrFN4O5/c1-28-19(31)11-18(27-17-8-5-13(25)10-16(17)26)20-21(28)29(15-4-2-3-12(9-15)23(33)34)24(35)30(22(20)32)14-6-7-14/h2-5,8-11,14,27H,6-7H2,1H3,(H,33,34). The van der Waals surface area contributed by atoms with Gasteiger partial charge in [0.1, 0.15) is 16.9 Å². The molecular weight excluding hydrogens is 523 g/mol. The third-order valence-corrected chi connectivity index (χ3v) is 6.41. The number of fused-ring (bicyclic) bond motifs is 1. The first-order valence-corrected chi connectivity index (χ1v) is 11.4. The second-order valence-electron chi connectivity index (χ2n) is 8.28. The third kappa shape index (κ3) is 3.87. The maximum atomic E-state index is 14.6. The van der Waals surface area contributed by atoms with Gasteiger partial charge in [-0.25, -0.2) is 18.5 Å². The summed E-state index contributed by atoms with van der Waals surface area (Å²) >= 11 is 3.19. The largest absolute Gasteiger partial charge is 0.478 e. The van der Waals surface area contributed by atoms with Crippen molar-refractivity contribution < 1.29 is 14.3 Å². The van der Waals surface area contributed by atoms with Gasteiger partial charge in [0, 0.05) is 23.6 Å². The summed E-state index contributed by atoms with van der Waals surface area (Å²) in [7, 11) is 1.41. The Kier molecular flexibility index (Phi) is 5.43. The number of carboxylic acid groups (broad SMARTS) is 1. The molecule has 0 unspecified atom stereocenters. The van der Waals surface area contributed by atoms with Crippen LogP contribution in [0.3, 0.4) is 0 Å². The number of rotatable bonds is 5. The van der Waals surface area contributed by atoms with Crippen molar-refractivity contribution in [2.45, 2.75) is 18.9 Å². The van der Waals surface area contributed by atoms with Gasteiger partial charge in [0.05, 0.1) is 22.6 Å². The minimum atomic E-state index is -1.19. The second-order valence-corrected chi connectivity index (χ2v) is 9.20. The molecule has 0 spiro atoms. The van der Waals surface area contributed by atoms with Crippen LogP contribution in [0, 0.1) is 5.82 Å². The predicted octanol–water partition coefficient (Wildman–Crippen LogP) is 3.53. The number of aryl methyl sites for hydroxylation is 1. The zero-order valence-corrected chi connectivity index (χ0v) is 19.9. The van der Waals surface area contributed by atoms with Gasteiger partial charge in [0.25, 0.3) is 11.1 Å². The summed E-state index contributed by atoms with van der Waals surface area (Å²) in [5.74, 6) is -1.81. The molecule has 0 radical (unpaired) electrons. The van der Waals surface area contributed by atoms with Crippen LogP contribution in [0.4, 0.5) is 15.8 Å². The van der Waals surface area contributed by atoms with E-state index >= 15 is 0 Å². The van der Waals surface area contributed by atoms with E-state index in [0.717, 1.165) is 13.7 Å². The Morgan fingerprint density at radius 3 is 2.49 bits per heavy atom. The second kappa shape index (κ2) is 8.35. The summed E-state index contributed by atoms with van der Waals surface area (Å²) in [6.45, 7) is 0. The topological polar surface area (TPSA) is 115 Å².